The second-order valence-electron chi connectivity index (χ2n) is 7.63. The lowest BCUT2D eigenvalue weighted by atomic mass is 9.92. The number of amides is 1. The molecule has 1 saturated carbocycles. The summed E-state index contributed by atoms with van der Waals surface area (Å²) in [6.07, 6.45) is 4.37. The van der Waals surface area contributed by atoms with Crippen LogP contribution >= 0.6 is 0 Å². The molecule has 1 amide bonds. The van der Waals surface area contributed by atoms with E-state index in [1.165, 1.54) is 0 Å². The van der Waals surface area contributed by atoms with Gasteiger partial charge in [-0.2, -0.15) is 0 Å². The molecule has 1 aromatic carbocycles. The van der Waals surface area contributed by atoms with Crippen LogP contribution in [0.5, 0.6) is 5.75 Å². The maximum atomic E-state index is 12.9. The Morgan fingerprint density at radius 1 is 1.23 bits per heavy atom. The molecule has 6 heteroatoms. The Morgan fingerprint density at radius 2 is 2.08 bits per heavy atom. The molecule has 0 spiro atoms. The molecule has 0 radical (unpaired) electrons. The fraction of sp³-hybridized carbons (Fsp3) is 0.600. The van der Waals surface area contributed by atoms with E-state index in [0.29, 0.717) is 36.9 Å². The van der Waals surface area contributed by atoms with Gasteiger partial charge >= 0.3 is 5.97 Å². The summed E-state index contributed by atoms with van der Waals surface area (Å²) in [6.45, 7) is 2.12. The Morgan fingerprint density at radius 3 is 2.77 bits per heavy atom. The van der Waals surface area contributed by atoms with Crippen molar-refractivity contribution in [3.63, 3.8) is 0 Å². The highest BCUT2D eigenvalue weighted by molar-refractivity contribution is 5.95. The highest BCUT2D eigenvalue weighted by Crippen LogP contribution is 2.44. The van der Waals surface area contributed by atoms with Crippen LogP contribution < -0.4 is 4.74 Å². The molecule has 1 N–H and O–H groups in total. The van der Waals surface area contributed by atoms with Crippen molar-refractivity contribution in [3.8, 4) is 5.75 Å². The summed E-state index contributed by atoms with van der Waals surface area (Å²) in [5, 5.41) is 9.48. The largest absolute Gasteiger partial charge is 0.491 e. The molecular formula is C20H25NO5. The molecule has 1 aliphatic carbocycles. The van der Waals surface area contributed by atoms with E-state index in [9.17, 15) is 14.7 Å². The summed E-state index contributed by atoms with van der Waals surface area (Å²) in [5.74, 6) is -0.123. The van der Waals surface area contributed by atoms with Crippen LogP contribution in [0.1, 0.15) is 36.0 Å². The first kappa shape index (κ1) is 17.3. The minimum absolute atomic E-state index is 0.0930. The van der Waals surface area contributed by atoms with Gasteiger partial charge in [0.1, 0.15) is 12.4 Å². The SMILES string of the molecule is O=C(O)[C@H]1CN(C(=O)c2cccc(OCC3CCCO3)c2)C[C@@H]1C1CC1. The molecular weight excluding hydrogens is 334 g/mol. The van der Waals surface area contributed by atoms with E-state index in [-0.39, 0.29) is 17.9 Å². The molecule has 0 aromatic heterocycles. The molecule has 0 bridgehead atoms. The number of ether oxygens (including phenoxy) is 2. The molecule has 3 atom stereocenters. The second kappa shape index (κ2) is 7.27. The Balaban J connectivity index is 1.41. The van der Waals surface area contributed by atoms with Gasteiger partial charge in [-0.3, -0.25) is 9.59 Å². The van der Waals surface area contributed by atoms with Gasteiger partial charge in [-0.05, 0) is 55.7 Å². The molecule has 4 rings (SSSR count). The van der Waals surface area contributed by atoms with E-state index < -0.39 is 11.9 Å². The zero-order chi connectivity index (χ0) is 18.1. The number of carboxylic acids is 1. The van der Waals surface area contributed by atoms with Crippen molar-refractivity contribution in [1.82, 2.24) is 4.90 Å². The van der Waals surface area contributed by atoms with E-state index in [2.05, 4.69) is 0 Å². The van der Waals surface area contributed by atoms with Gasteiger partial charge in [0.15, 0.2) is 0 Å². The third kappa shape index (κ3) is 3.70. The third-order valence-electron chi connectivity index (χ3n) is 5.74. The van der Waals surface area contributed by atoms with Crippen molar-refractivity contribution in [2.24, 2.45) is 17.8 Å². The Bertz CT molecular complexity index is 681. The summed E-state index contributed by atoms with van der Waals surface area (Å²) in [7, 11) is 0. The van der Waals surface area contributed by atoms with E-state index in [0.717, 1.165) is 32.3 Å². The zero-order valence-corrected chi connectivity index (χ0v) is 14.8. The van der Waals surface area contributed by atoms with Gasteiger partial charge in [-0.15, -0.1) is 0 Å². The van der Waals surface area contributed by atoms with Crippen molar-refractivity contribution >= 4 is 11.9 Å². The number of carbonyl (C=O) groups is 2. The highest BCUT2D eigenvalue weighted by Gasteiger charge is 2.46. The first-order valence-electron chi connectivity index (χ1n) is 9.48. The van der Waals surface area contributed by atoms with Gasteiger partial charge in [-0.25, -0.2) is 0 Å². The topological polar surface area (TPSA) is 76.1 Å². The molecule has 2 aliphatic heterocycles. The normalized spacial score (nSPS) is 28.3. The van der Waals surface area contributed by atoms with Gasteiger partial charge in [0.2, 0.25) is 0 Å². The number of hydrogen-bond acceptors (Lipinski definition) is 4. The van der Waals surface area contributed by atoms with E-state index >= 15 is 0 Å². The van der Waals surface area contributed by atoms with Gasteiger partial charge in [0, 0.05) is 25.3 Å². The smallest absolute Gasteiger partial charge is 0.308 e. The van der Waals surface area contributed by atoms with Gasteiger partial charge < -0.3 is 19.5 Å². The maximum absolute atomic E-state index is 12.9. The van der Waals surface area contributed by atoms with E-state index in [4.69, 9.17) is 9.47 Å². The number of rotatable bonds is 6. The van der Waals surface area contributed by atoms with Crippen LogP contribution in [-0.2, 0) is 9.53 Å². The maximum Gasteiger partial charge on any atom is 0.308 e. The van der Waals surface area contributed by atoms with Crippen molar-refractivity contribution in [1.29, 1.82) is 0 Å². The summed E-state index contributed by atoms with van der Waals surface area (Å²) >= 11 is 0. The van der Waals surface area contributed by atoms with Crippen LogP contribution in [0, 0.1) is 17.8 Å². The lowest BCUT2D eigenvalue weighted by Crippen LogP contribution is -2.30. The Kier molecular flexibility index (Phi) is 4.85. The number of carbonyl (C=O) groups excluding carboxylic acids is 1. The molecule has 140 valence electrons. The Labute approximate surface area is 153 Å². The molecule has 26 heavy (non-hydrogen) atoms. The van der Waals surface area contributed by atoms with Crippen molar-refractivity contribution in [2.75, 3.05) is 26.3 Å². The first-order chi connectivity index (χ1) is 12.6. The number of hydrogen-bond donors (Lipinski definition) is 1. The van der Waals surface area contributed by atoms with Gasteiger partial charge in [0.25, 0.3) is 5.91 Å². The monoisotopic (exact) mass is 359 g/mol. The minimum Gasteiger partial charge on any atom is -0.491 e. The first-order valence-corrected chi connectivity index (χ1v) is 9.48. The molecule has 1 aromatic rings. The molecule has 3 aliphatic rings. The zero-order valence-electron chi connectivity index (χ0n) is 14.8. The summed E-state index contributed by atoms with van der Waals surface area (Å²) in [4.78, 5) is 26.1. The van der Waals surface area contributed by atoms with E-state index in [1.807, 2.05) is 6.07 Å². The molecule has 1 unspecified atom stereocenters. The molecule has 2 saturated heterocycles. The molecule has 3 fully saturated rings. The van der Waals surface area contributed by atoms with Crippen LogP contribution in [-0.4, -0.2) is 54.3 Å². The predicted octanol–water partition coefficient (Wildman–Crippen LogP) is 2.43. The van der Waals surface area contributed by atoms with Crippen LogP contribution in [0.4, 0.5) is 0 Å². The minimum atomic E-state index is -0.786. The van der Waals surface area contributed by atoms with Crippen LogP contribution in [0.2, 0.25) is 0 Å². The molecule has 2 heterocycles. The average molecular weight is 359 g/mol. The number of carboxylic acid groups (broad SMARTS) is 1. The number of likely N-dealkylation sites (tertiary alicyclic amines) is 1. The fourth-order valence-corrected chi connectivity index (χ4v) is 4.12. The Hall–Kier alpha value is -2.08. The van der Waals surface area contributed by atoms with Crippen molar-refractivity contribution < 1.29 is 24.2 Å². The number of aliphatic carboxylic acids is 1. The molecule has 6 nitrogen and oxygen atoms in total. The van der Waals surface area contributed by atoms with Crippen LogP contribution in [0.25, 0.3) is 0 Å². The van der Waals surface area contributed by atoms with Crippen LogP contribution in [0.15, 0.2) is 24.3 Å². The summed E-state index contributed by atoms with van der Waals surface area (Å²) < 4.78 is 11.3. The van der Waals surface area contributed by atoms with Crippen LogP contribution in [0.3, 0.4) is 0 Å². The lowest BCUT2D eigenvalue weighted by molar-refractivity contribution is -0.142. The number of nitrogens with zero attached hydrogens (tertiary/aromatic N) is 1. The average Bonchev–Trinajstić information content (AvgIpc) is 3.18. The second-order valence-corrected chi connectivity index (χ2v) is 7.63. The fourth-order valence-electron chi connectivity index (χ4n) is 4.12. The van der Waals surface area contributed by atoms with Crippen molar-refractivity contribution in [3.05, 3.63) is 29.8 Å². The van der Waals surface area contributed by atoms with Gasteiger partial charge in [0.05, 0.1) is 12.0 Å². The number of benzene rings is 1. The lowest BCUT2D eigenvalue weighted by Gasteiger charge is -2.17. The predicted molar refractivity (Wildman–Crippen MR) is 94.2 cm³/mol. The quantitative estimate of drug-likeness (QED) is 0.844. The van der Waals surface area contributed by atoms with Crippen molar-refractivity contribution in [2.45, 2.75) is 31.8 Å². The highest BCUT2D eigenvalue weighted by atomic mass is 16.5. The van der Waals surface area contributed by atoms with Gasteiger partial charge in [-0.1, -0.05) is 6.07 Å². The summed E-state index contributed by atoms with van der Waals surface area (Å²) in [5.41, 5.74) is 0.551. The third-order valence-corrected chi connectivity index (χ3v) is 5.74. The standard InChI is InChI=1S/C20H25NO5/c22-19(21-10-17(13-6-7-13)18(11-21)20(23)24)14-3-1-4-15(9-14)26-12-16-5-2-8-25-16/h1,3-4,9,13,16-18H,2,5-8,10-12H2,(H,23,24)/t16?,17-,18+/m1/s1. The summed E-state index contributed by atoms with van der Waals surface area (Å²) in [6, 6.07) is 7.16. The van der Waals surface area contributed by atoms with E-state index in [1.54, 1.807) is 23.1 Å².